The van der Waals surface area contributed by atoms with Crippen molar-refractivity contribution < 1.29 is 4.79 Å². The van der Waals surface area contributed by atoms with Crippen LogP contribution in [-0.2, 0) is 13.0 Å². The Labute approximate surface area is 193 Å². The fraction of sp³-hybridized carbons (Fsp3) is 0.308. The predicted octanol–water partition coefficient (Wildman–Crippen LogP) is 3.71. The number of hydrogen-bond acceptors (Lipinski definition) is 5. The van der Waals surface area contributed by atoms with E-state index in [0.29, 0.717) is 12.1 Å². The molecule has 5 rings (SSSR count). The Balaban J connectivity index is 1.63. The zero-order valence-corrected chi connectivity index (χ0v) is 19.3. The minimum Gasteiger partial charge on any atom is -0.351 e. The van der Waals surface area contributed by atoms with E-state index >= 15 is 0 Å². The molecule has 0 aliphatic carbocycles. The van der Waals surface area contributed by atoms with Crippen molar-refractivity contribution in [3.05, 3.63) is 65.6 Å². The summed E-state index contributed by atoms with van der Waals surface area (Å²) in [4.78, 5) is 24.2. The van der Waals surface area contributed by atoms with Gasteiger partial charge in [-0.05, 0) is 75.8 Å². The maximum Gasteiger partial charge on any atom is 0.251 e. The number of likely N-dealkylation sites (N-methyl/N-ethyl adjacent to an activating group) is 1. The lowest BCUT2D eigenvalue weighted by atomic mass is 9.95. The Hall–Kier alpha value is -3.58. The molecule has 33 heavy (non-hydrogen) atoms. The predicted molar refractivity (Wildman–Crippen MR) is 130 cm³/mol. The highest BCUT2D eigenvalue weighted by molar-refractivity contribution is 6.03. The van der Waals surface area contributed by atoms with Crippen molar-refractivity contribution >= 4 is 16.8 Å². The van der Waals surface area contributed by atoms with E-state index in [0.717, 1.165) is 65.0 Å². The number of aromatic nitrogens is 4. The Bertz CT molecular complexity index is 1340. The molecule has 4 heterocycles. The Kier molecular flexibility index (Phi) is 5.64. The first-order chi connectivity index (χ1) is 16.0. The van der Waals surface area contributed by atoms with Crippen molar-refractivity contribution in [3.8, 4) is 22.5 Å². The highest BCUT2D eigenvalue weighted by Gasteiger charge is 2.26. The summed E-state index contributed by atoms with van der Waals surface area (Å²) in [7, 11) is 3.98. The number of fused-ring (bicyclic) bond motifs is 2. The van der Waals surface area contributed by atoms with Crippen LogP contribution in [0.15, 0.2) is 48.7 Å². The van der Waals surface area contributed by atoms with Gasteiger partial charge in [0, 0.05) is 53.7 Å². The molecule has 0 bridgehead atoms. The third-order valence-electron chi connectivity index (χ3n) is 6.09. The molecule has 0 atom stereocenters. The number of benzene rings is 1. The molecule has 0 unspecified atom stereocenters. The van der Waals surface area contributed by atoms with Crippen LogP contribution in [0.3, 0.4) is 0 Å². The fourth-order valence-corrected chi connectivity index (χ4v) is 4.47. The molecule has 168 valence electrons. The first kappa shape index (κ1) is 21.3. The van der Waals surface area contributed by atoms with Gasteiger partial charge < -0.3 is 10.2 Å². The number of nitrogens with zero attached hydrogens (tertiary/aromatic N) is 5. The van der Waals surface area contributed by atoms with E-state index < -0.39 is 0 Å². The van der Waals surface area contributed by atoms with Crippen LogP contribution in [0.2, 0.25) is 0 Å². The van der Waals surface area contributed by atoms with Crippen LogP contribution in [0.1, 0.15) is 28.2 Å². The van der Waals surface area contributed by atoms with Gasteiger partial charge >= 0.3 is 0 Å². The van der Waals surface area contributed by atoms with Gasteiger partial charge in [-0.2, -0.15) is 5.10 Å². The lowest BCUT2D eigenvalue weighted by Gasteiger charge is -2.12. The van der Waals surface area contributed by atoms with E-state index in [-0.39, 0.29) is 5.91 Å². The summed E-state index contributed by atoms with van der Waals surface area (Å²) in [6.07, 6.45) is 3.89. The molecule has 0 radical (unpaired) electrons. The Morgan fingerprint density at radius 2 is 2.06 bits per heavy atom. The van der Waals surface area contributed by atoms with Crippen molar-refractivity contribution in [1.29, 1.82) is 0 Å². The SMILES string of the molecule is Cc1cccc(-c2nn3c(c2-c2ccnc4ccc(C(=O)NCCN(C)C)cc24)CCC3)n1. The molecule has 0 spiro atoms. The van der Waals surface area contributed by atoms with E-state index in [1.54, 1.807) is 0 Å². The van der Waals surface area contributed by atoms with Gasteiger partial charge in [0.2, 0.25) is 0 Å². The standard InChI is InChI=1S/C26H28N6O/c1-17-6-4-7-22(29-17)25-24(23-8-5-14-32(23)30-25)19-11-12-27-21-10-9-18(16-20(19)21)26(33)28-13-15-31(2)3/h4,6-7,9-12,16H,5,8,13-15H2,1-3H3,(H,28,33). The molecule has 1 N–H and O–H groups in total. The average Bonchev–Trinajstić information content (AvgIpc) is 3.39. The third kappa shape index (κ3) is 4.12. The van der Waals surface area contributed by atoms with Crippen LogP contribution in [0, 0.1) is 6.92 Å². The Morgan fingerprint density at radius 3 is 2.88 bits per heavy atom. The second-order valence-corrected chi connectivity index (χ2v) is 8.81. The number of nitrogens with one attached hydrogen (secondary N) is 1. The van der Waals surface area contributed by atoms with E-state index in [4.69, 9.17) is 10.1 Å². The van der Waals surface area contributed by atoms with E-state index in [1.807, 2.05) is 74.6 Å². The van der Waals surface area contributed by atoms with E-state index in [2.05, 4.69) is 15.0 Å². The second kappa shape index (κ2) is 8.75. The molecule has 7 heteroatoms. The summed E-state index contributed by atoms with van der Waals surface area (Å²) >= 11 is 0. The molecule has 0 saturated heterocycles. The molecule has 7 nitrogen and oxygen atoms in total. The summed E-state index contributed by atoms with van der Waals surface area (Å²) < 4.78 is 2.11. The summed E-state index contributed by atoms with van der Waals surface area (Å²) in [6, 6.07) is 13.8. The zero-order valence-electron chi connectivity index (χ0n) is 19.3. The van der Waals surface area contributed by atoms with Crippen molar-refractivity contribution in [3.63, 3.8) is 0 Å². The lowest BCUT2D eigenvalue weighted by Crippen LogP contribution is -2.31. The summed E-state index contributed by atoms with van der Waals surface area (Å²) in [5, 5.41) is 8.91. The van der Waals surface area contributed by atoms with Gasteiger partial charge in [0.1, 0.15) is 5.69 Å². The van der Waals surface area contributed by atoms with Gasteiger partial charge in [0.05, 0.1) is 11.2 Å². The smallest absolute Gasteiger partial charge is 0.251 e. The number of pyridine rings is 2. The van der Waals surface area contributed by atoms with Gasteiger partial charge in [-0.1, -0.05) is 6.07 Å². The number of carbonyl (C=O) groups is 1. The van der Waals surface area contributed by atoms with Crippen molar-refractivity contribution in [2.24, 2.45) is 0 Å². The van der Waals surface area contributed by atoms with Crippen LogP contribution >= 0.6 is 0 Å². The maximum absolute atomic E-state index is 12.8. The minimum absolute atomic E-state index is 0.0747. The van der Waals surface area contributed by atoms with Crippen molar-refractivity contribution in [1.82, 2.24) is 30.0 Å². The lowest BCUT2D eigenvalue weighted by molar-refractivity contribution is 0.0951. The van der Waals surface area contributed by atoms with Crippen LogP contribution in [0.4, 0.5) is 0 Å². The summed E-state index contributed by atoms with van der Waals surface area (Å²) in [5.41, 5.74) is 7.58. The van der Waals surface area contributed by atoms with Gasteiger partial charge in [-0.15, -0.1) is 0 Å². The van der Waals surface area contributed by atoms with Crippen LogP contribution in [0.25, 0.3) is 33.4 Å². The topological polar surface area (TPSA) is 75.9 Å². The number of carbonyl (C=O) groups excluding carboxylic acids is 1. The summed E-state index contributed by atoms with van der Waals surface area (Å²) in [6.45, 7) is 4.30. The maximum atomic E-state index is 12.8. The van der Waals surface area contributed by atoms with Gasteiger partial charge in [-0.3, -0.25) is 19.4 Å². The highest BCUT2D eigenvalue weighted by atomic mass is 16.1. The highest BCUT2D eigenvalue weighted by Crippen LogP contribution is 2.39. The van der Waals surface area contributed by atoms with E-state index in [9.17, 15) is 4.79 Å². The molecule has 1 amide bonds. The Morgan fingerprint density at radius 1 is 1.18 bits per heavy atom. The van der Waals surface area contributed by atoms with Gasteiger partial charge in [-0.25, -0.2) is 0 Å². The molecule has 0 fully saturated rings. The normalized spacial score (nSPS) is 13.0. The number of hydrogen-bond donors (Lipinski definition) is 1. The zero-order chi connectivity index (χ0) is 22.9. The first-order valence-corrected chi connectivity index (χ1v) is 11.4. The van der Waals surface area contributed by atoms with Crippen molar-refractivity contribution in [2.45, 2.75) is 26.3 Å². The number of amides is 1. The molecule has 4 aromatic rings. The largest absolute Gasteiger partial charge is 0.351 e. The van der Waals surface area contributed by atoms with Crippen LogP contribution in [-0.4, -0.2) is 57.7 Å². The first-order valence-electron chi connectivity index (χ1n) is 11.4. The molecule has 3 aromatic heterocycles. The third-order valence-corrected chi connectivity index (χ3v) is 6.09. The minimum atomic E-state index is -0.0747. The second-order valence-electron chi connectivity index (χ2n) is 8.81. The molecular weight excluding hydrogens is 412 g/mol. The molecule has 1 aliphatic rings. The number of aryl methyl sites for hydroxylation is 2. The molecule has 1 aromatic carbocycles. The van der Waals surface area contributed by atoms with E-state index in [1.165, 1.54) is 5.69 Å². The van der Waals surface area contributed by atoms with Crippen LogP contribution < -0.4 is 5.32 Å². The fourth-order valence-electron chi connectivity index (χ4n) is 4.47. The molecule has 0 saturated carbocycles. The van der Waals surface area contributed by atoms with Crippen molar-refractivity contribution in [2.75, 3.05) is 27.2 Å². The number of rotatable bonds is 6. The summed E-state index contributed by atoms with van der Waals surface area (Å²) in [5.74, 6) is -0.0747. The van der Waals surface area contributed by atoms with Gasteiger partial charge in [0.25, 0.3) is 5.91 Å². The van der Waals surface area contributed by atoms with Crippen LogP contribution in [0.5, 0.6) is 0 Å². The average molecular weight is 441 g/mol. The molecular formula is C26H28N6O. The molecule has 1 aliphatic heterocycles. The quantitative estimate of drug-likeness (QED) is 0.495. The van der Waals surface area contributed by atoms with Gasteiger partial charge in [0.15, 0.2) is 0 Å². The monoisotopic (exact) mass is 440 g/mol.